The number of carbonyl (C=O) groups is 2. The summed E-state index contributed by atoms with van der Waals surface area (Å²) in [4.78, 5) is 44.2. The lowest BCUT2D eigenvalue weighted by atomic mass is 10.0. The third-order valence-corrected chi connectivity index (χ3v) is 3.59. The van der Waals surface area contributed by atoms with Crippen LogP contribution in [0.5, 0.6) is 0 Å². The summed E-state index contributed by atoms with van der Waals surface area (Å²) in [5, 5.41) is 21.8. The standard InChI is InChI=1S/C16H14N4O7/c17-12-4-2-1-3-11(12)15(21)27-16(22)13(18)7-9-5-6-10(19(23)24)8-14(9)20(25)26/h1-6,8,13H,7,17-18H2/t13-/m0/s1. The maximum Gasteiger partial charge on any atom is 0.347 e. The van der Waals surface area contributed by atoms with Crippen molar-refractivity contribution in [2.24, 2.45) is 5.73 Å². The number of nitro benzene ring substituents is 2. The molecule has 0 amide bonds. The van der Waals surface area contributed by atoms with Crippen LogP contribution in [0.2, 0.25) is 0 Å². The Bertz CT molecular complexity index is 929. The number of benzene rings is 2. The molecule has 2 aromatic rings. The van der Waals surface area contributed by atoms with Gasteiger partial charge in [-0.1, -0.05) is 12.1 Å². The van der Waals surface area contributed by atoms with E-state index in [1.165, 1.54) is 18.2 Å². The molecule has 1 atom stereocenters. The molecule has 0 aliphatic carbocycles. The molecule has 0 aliphatic heterocycles. The molecule has 11 nitrogen and oxygen atoms in total. The van der Waals surface area contributed by atoms with Crippen LogP contribution in [-0.2, 0) is 16.0 Å². The lowest BCUT2D eigenvalue weighted by molar-refractivity contribution is -0.394. The first-order valence-corrected chi connectivity index (χ1v) is 7.48. The van der Waals surface area contributed by atoms with E-state index in [4.69, 9.17) is 11.5 Å². The molecular weight excluding hydrogens is 360 g/mol. The fourth-order valence-corrected chi connectivity index (χ4v) is 2.23. The predicted molar refractivity (Wildman–Crippen MR) is 92.7 cm³/mol. The number of nitrogens with two attached hydrogens (primary N) is 2. The Kier molecular flexibility index (Phi) is 5.78. The van der Waals surface area contributed by atoms with Gasteiger partial charge >= 0.3 is 11.9 Å². The van der Waals surface area contributed by atoms with E-state index in [9.17, 15) is 29.8 Å². The van der Waals surface area contributed by atoms with Crippen molar-refractivity contribution in [1.29, 1.82) is 0 Å². The zero-order chi connectivity index (χ0) is 20.1. The molecule has 0 saturated carbocycles. The molecule has 0 aliphatic rings. The largest absolute Gasteiger partial charge is 0.398 e. The first kappa shape index (κ1) is 19.5. The molecule has 11 heteroatoms. The van der Waals surface area contributed by atoms with Gasteiger partial charge in [-0.15, -0.1) is 0 Å². The number of para-hydroxylation sites is 1. The van der Waals surface area contributed by atoms with Crippen LogP contribution in [0, 0.1) is 20.2 Å². The van der Waals surface area contributed by atoms with Gasteiger partial charge < -0.3 is 16.2 Å². The first-order chi connectivity index (χ1) is 12.7. The van der Waals surface area contributed by atoms with Crippen LogP contribution < -0.4 is 11.5 Å². The second-order valence-corrected chi connectivity index (χ2v) is 5.43. The minimum atomic E-state index is -1.40. The van der Waals surface area contributed by atoms with Gasteiger partial charge in [-0.25, -0.2) is 9.59 Å². The Labute approximate surface area is 151 Å². The highest BCUT2D eigenvalue weighted by atomic mass is 16.6. The van der Waals surface area contributed by atoms with Crippen molar-refractivity contribution < 1.29 is 24.2 Å². The number of anilines is 1. The van der Waals surface area contributed by atoms with Gasteiger partial charge in [-0.3, -0.25) is 20.2 Å². The van der Waals surface area contributed by atoms with Crippen molar-refractivity contribution in [3.05, 3.63) is 73.8 Å². The van der Waals surface area contributed by atoms with E-state index in [0.29, 0.717) is 0 Å². The van der Waals surface area contributed by atoms with Crippen molar-refractivity contribution in [2.45, 2.75) is 12.5 Å². The molecule has 0 radical (unpaired) electrons. The van der Waals surface area contributed by atoms with E-state index in [-0.39, 0.29) is 23.2 Å². The molecule has 0 bridgehead atoms. The van der Waals surface area contributed by atoms with Gasteiger partial charge in [0, 0.05) is 23.7 Å². The van der Waals surface area contributed by atoms with Gasteiger partial charge in [0.05, 0.1) is 21.5 Å². The van der Waals surface area contributed by atoms with Gasteiger partial charge in [0.2, 0.25) is 0 Å². The van der Waals surface area contributed by atoms with Gasteiger partial charge in [0.15, 0.2) is 0 Å². The Morgan fingerprint density at radius 3 is 2.33 bits per heavy atom. The molecule has 0 spiro atoms. The molecule has 2 aromatic carbocycles. The minimum absolute atomic E-state index is 0.0123. The van der Waals surface area contributed by atoms with E-state index in [2.05, 4.69) is 4.74 Å². The summed E-state index contributed by atoms with van der Waals surface area (Å²) in [7, 11) is 0. The fourth-order valence-electron chi connectivity index (χ4n) is 2.23. The normalized spacial score (nSPS) is 11.4. The number of esters is 2. The van der Waals surface area contributed by atoms with E-state index in [0.717, 1.165) is 18.2 Å². The molecular formula is C16H14N4O7. The van der Waals surface area contributed by atoms with Crippen LogP contribution in [0.1, 0.15) is 15.9 Å². The fraction of sp³-hybridized carbons (Fsp3) is 0.125. The Hall–Kier alpha value is -3.86. The third-order valence-electron chi connectivity index (χ3n) is 3.59. The molecule has 0 unspecified atom stereocenters. The Morgan fingerprint density at radius 1 is 1.07 bits per heavy atom. The third kappa shape index (κ3) is 4.61. The number of carbonyl (C=O) groups excluding carboxylic acids is 2. The summed E-state index contributed by atoms with van der Waals surface area (Å²) in [6.07, 6.45) is -0.356. The Morgan fingerprint density at radius 2 is 1.74 bits per heavy atom. The molecule has 2 rings (SSSR count). The van der Waals surface area contributed by atoms with Crippen LogP contribution in [0.3, 0.4) is 0 Å². The number of nitrogens with zero attached hydrogens (tertiary/aromatic N) is 2. The molecule has 0 saturated heterocycles. The van der Waals surface area contributed by atoms with Gasteiger partial charge in [-0.2, -0.15) is 0 Å². The highest BCUT2D eigenvalue weighted by Gasteiger charge is 2.26. The summed E-state index contributed by atoms with van der Waals surface area (Å²) in [5.41, 5.74) is 10.3. The summed E-state index contributed by atoms with van der Waals surface area (Å²) in [5.74, 6) is -2.12. The molecule has 0 heterocycles. The highest BCUT2D eigenvalue weighted by Crippen LogP contribution is 2.25. The van der Waals surface area contributed by atoms with E-state index >= 15 is 0 Å². The number of nitrogen functional groups attached to an aromatic ring is 1. The summed E-state index contributed by atoms with van der Waals surface area (Å²) in [6, 6.07) is 7.46. The second kappa shape index (κ2) is 8.01. The van der Waals surface area contributed by atoms with E-state index in [1.807, 2.05) is 0 Å². The number of hydrogen-bond donors (Lipinski definition) is 2. The average Bonchev–Trinajstić information content (AvgIpc) is 2.61. The van der Waals surface area contributed by atoms with Crippen LogP contribution in [0.4, 0.5) is 17.1 Å². The zero-order valence-electron chi connectivity index (χ0n) is 13.7. The average molecular weight is 374 g/mol. The Balaban J connectivity index is 2.14. The lowest BCUT2D eigenvalue weighted by Gasteiger charge is -2.11. The topological polar surface area (TPSA) is 182 Å². The van der Waals surface area contributed by atoms with Crippen LogP contribution >= 0.6 is 0 Å². The SMILES string of the molecule is Nc1ccccc1C(=O)OC(=O)[C@@H](N)Cc1ccc([N+](=O)[O-])cc1[N+](=O)[O-]. The van der Waals surface area contributed by atoms with E-state index in [1.54, 1.807) is 6.07 Å². The predicted octanol–water partition coefficient (Wildman–Crippen LogP) is 1.34. The quantitative estimate of drug-likeness (QED) is 0.248. The summed E-state index contributed by atoms with van der Waals surface area (Å²) >= 11 is 0. The van der Waals surface area contributed by atoms with Crippen molar-refractivity contribution in [3.63, 3.8) is 0 Å². The first-order valence-electron chi connectivity index (χ1n) is 7.48. The molecule has 0 fully saturated rings. The number of hydrogen-bond acceptors (Lipinski definition) is 9. The molecule has 0 aromatic heterocycles. The number of nitro groups is 2. The van der Waals surface area contributed by atoms with Crippen LogP contribution in [0.15, 0.2) is 42.5 Å². The van der Waals surface area contributed by atoms with E-state index < -0.39 is 39.2 Å². The molecule has 27 heavy (non-hydrogen) atoms. The van der Waals surface area contributed by atoms with Crippen molar-refractivity contribution in [1.82, 2.24) is 0 Å². The number of rotatable bonds is 6. The minimum Gasteiger partial charge on any atom is -0.398 e. The summed E-state index contributed by atoms with van der Waals surface area (Å²) in [6.45, 7) is 0. The maximum atomic E-state index is 12.0. The molecule has 140 valence electrons. The van der Waals surface area contributed by atoms with Crippen LogP contribution in [-0.4, -0.2) is 27.8 Å². The van der Waals surface area contributed by atoms with Gasteiger partial charge in [-0.05, 0) is 18.2 Å². The number of non-ortho nitro benzene ring substituents is 1. The maximum absolute atomic E-state index is 12.0. The summed E-state index contributed by atoms with van der Waals surface area (Å²) < 4.78 is 4.65. The lowest BCUT2D eigenvalue weighted by Crippen LogP contribution is -2.36. The van der Waals surface area contributed by atoms with Crippen LogP contribution in [0.25, 0.3) is 0 Å². The van der Waals surface area contributed by atoms with Gasteiger partial charge in [0.25, 0.3) is 11.4 Å². The highest BCUT2D eigenvalue weighted by molar-refractivity contribution is 6.01. The second-order valence-electron chi connectivity index (χ2n) is 5.43. The monoisotopic (exact) mass is 374 g/mol. The van der Waals surface area contributed by atoms with Crippen molar-refractivity contribution >= 4 is 29.0 Å². The van der Waals surface area contributed by atoms with Crippen molar-refractivity contribution in [3.8, 4) is 0 Å². The zero-order valence-corrected chi connectivity index (χ0v) is 13.7. The molecule has 4 N–H and O–H groups in total. The van der Waals surface area contributed by atoms with Gasteiger partial charge in [0.1, 0.15) is 6.04 Å². The van der Waals surface area contributed by atoms with Crippen molar-refractivity contribution in [2.75, 3.05) is 5.73 Å². The smallest absolute Gasteiger partial charge is 0.347 e. The number of ether oxygens (including phenoxy) is 1.